The molecule has 2 amide bonds. The Bertz CT molecular complexity index is 547. The summed E-state index contributed by atoms with van der Waals surface area (Å²) in [6.07, 6.45) is 3.37. The van der Waals surface area contributed by atoms with E-state index >= 15 is 0 Å². The summed E-state index contributed by atoms with van der Waals surface area (Å²) in [6.45, 7) is 6.39. The molecule has 110 valence electrons. The van der Waals surface area contributed by atoms with Crippen molar-refractivity contribution >= 4 is 28.3 Å². The van der Waals surface area contributed by atoms with Crippen molar-refractivity contribution in [3.63, 3.8) is 0 Å². The summed E-state index contributed by atoms with van der Waals surface area (Å²) in [5.41, 5.74) is 1.18. The zero-order valence-electron chi connectivity index (χ0n) is 12.0. The highest BCUT2D eigenvalue weighted by atomic mass is 32.1. The average molecular weight is 296 g/mol. The van der Waals surface area contributed by atoms with Crippen LogP contribution in [0.3, 0.4) is 0 Å². The average Bonchev–Trinajstić information content (AvgIpc) is 3.11. The first-order valence-corrected chi connectivity index (χ1v) is 7.58. The molecule has 1 aliphatic carbocycles. The highest BCUT2D eigenvalue weighted by Gasteiger charge is 2.40. The quantitative estimate of drug-likeness (QED) is 0.779. The van der Waals surface area contributed by atoms with Gasteiger partial charge in [-0.15, -0.1) is 11.3 Å². The second-order valence-electron chi connectivity index (χ2n) is 5.45. The summed E-state index contributed by atoms with van der Waals surface area (Å²) < 4.78 is 0. The number of hydrogen-bond acceptors (Lipinski definition) is 3. The molecule has 3 N–H and O–H groups in total. The van der Waals surface area contributed by atoms with Crippen molar-refractivity contribution in [3.8, 4) is 0 Å². The maximum Gasteiger partial charge on any atom is 0.338 e. The van der Waals surface area contributed by atoms with Crippen LogP contribution < -0.4 is 10.6 Å². The van der Waals surface area contributed by atoms with E-state index in [1.165, 1.54) is 11.3 Å². The fourth-order valence-electron chi connectivity index (χ4n) is 2.22. The van der Waals surface area contributed by atoms with Gasteiger partial charge in [-0.2, -0.15) is 0 Å². The van der Waals surface area contributed by atoms with E-state index < -0.39 is 5.97 Å². The van der Waals surface area contributed by atoms with E-state index in [1.54, 1.807) is 6.92 Å². The minimum atomic E-state index is -1.01. The lowest BCUT2D eigenvalue weighted by atomic mass is 10.0. The predicted octanol–water partition coefficient (Wildman–Crippen LogP) is 3.37. The van der Waals surface area contributed by atoms with Crippen molar-refractivity contribution in [2.45, 2.75) is 40.0 Å². The molecule has 2 rings (SSSR count). The van der Waals surface area contributed by atoms with E-state index in [-0.39, 0.29) is 17.0 Å². The zero-order chi connectivity index (χ0) is 14.9. The minimum absolute atomic E-state index is 0.194. The van der Waals surface area contributed by atoms with Gasteiger partial charge in [-0.1, -0.05) is 6.92 Å². The summed E-state index contributed by atoms with van der Waals surface area (Å²) in [5, 5.41) is 15.1. The summed E-state index contributed by atoms with van der Waals surface area (Å²) in [6, 6.07) is -0.325. The van der Waals surface area contributed by atoms with Gasteiger partial charge in [0.2, 0.25) is 0 Å². The van der Waals surface area contributed by atoms with Crippen molar-refractivity contribution in [3.05, 3.63) is 16.0 Å². The number of hydrogen-bond donors (Lipinski definition) is 3. The first kappa shape index (κ1) is 14.8. The van der Waals surface area contributed by atoms with Gasteiger partial charge < -0.3 is 10.4 Å². The Morgan fingerprint density at radius 3 is 2.50 bits per heavy atom. The van der Waals surface area contributed by atoms with Crippen LogP contribution in [0.4, 0.5) is 9.80 Å². The first-order valence-electron chi connectivity index (χ1n) is 6.76. The first-order chi connectivity index (χ1) is 9.38. The molecule has 1 aromatic rings. The number of carboxylic acids is 1. The van der Waals surface area contributed by atoms with Crippen LogP contribution in [0.2, 0.25) is 0 Å². The van der Waals surface area contributed by atoms with Crippen molar-refractivity contribution in [2.24, 2.45) is 5.41 Å². The molecule has 20 heavy (non-hydrogen) atoms. The SMILES string of the molecule is CCC1(CNC(=O)Nc2sc(C)c(C)c2C(=O)O)CC1. The molecule has 0 unspecified atom stereocenters. The maximum absolute atomic E-state index is 11.9. The van der Waals surface area contributed by atoms with Crippen LogP contribution in [0.1, 0.15) is 47.0 Å². The van der Waals surface area contributed by atoms with Gasteiger partial charge in [0.15, 0.2) is 0 Å². The second-order valence-corrected chi connectivity index (χ2v) is 6.68. The molecule has 1 heterocycles. The Morgan fingerprint density at radius 1 is 1.35 bits per heavy atom. The van der Waals surface area contributed by atoms with Gasteiger partial charge >= 0.3 is 12.0 Å². The van der Waals surface area contributed by atoms with Crippen LogP contribution in [-0.4, -0.2) is 23.7 Å². The number of carbonyl (C=O) groups excluding carboxylic acids is 1. The van der Waals surface area contributed by atoms with Crippen molar-refractivity contribution < 1.29 is 14.7 Å². The predicted molar refractivity (Wildman–Crippen MR) is 79.7 cm³/mol. The van der Waals surface area contributed by atoms with Crippen molar-refractivity contribution in [2.75, 3.05) is 11.9 Å². The molecule has 0 aromatic carbocycles. The fourth-order valence-corrected chi connectivity index (χ4v) is 3.27. The number of nitrogens with one attached hydrogen (secondary N) is 2. The number of urea groups is 1. The molecule has 6 heteroatoms. The minimum Gasteiger partial charge on any atom is -0.478 e. The highest BCUT2D eigenvalue weighted by Crippen LogP contribution is 2.47. The molecular formula is C14H20N2O3S. The molecule has 1 fully saturated rings. The van der Waals surface area contributed by atoms with Gasteiger partial charge in [-0.25, -0.2) is 9.59 Å². The molecule has 5 nitrogen and oxygen atoms in total. The highest BCUT2D eigenvalue weighted by molar-refractivity contribution is 7.16. The monoisotopic (exact) mass is 296 g/mol. The van der Waals surface area contributed by atoms with Crippen molar-refractivity contribution in [1.82, 2.24) is 5.32 Å². The van der Waals surface area contributed by atoms with Crippen LogP contribution in [0.25, 0.3) is 0 Å². The Labute approximate surface area is 122 Å². The lowest BCUT2D eigenvalue weighted by molar-refractivity contribution is 0.0697. The number of carbonyl (C=O) groups is 2. The van der Waals surface area contributed by atoms with Crippen LogP contribution in [0.5, 0.6) is 0 Å². The lowest BCUT2D eigenvalue weighted by Gasteiger charge is -2.13. The number of aryl methyl sites for hydroxylation is 1. The van der Waals surface area contributed by atoms with Crippen molar-refractivity contribution in [1.29, 1.82) is 0 Å². The molecule has 1 saturated carbocycles. The third-order valence-electron chi connectivity index (χ3n) is 4.16. The van der Waals surface area contributed by atoms with Gasteiger partial charge in [-0.3, -0.25) is 5.32 Å². The molecule has 0 aliphatic heterocycles. The standard InChI is InChI=1S/C14H20N2O3S/c1-4-14(5-6-14)7-15-13(19)16-11-10(12(17)18)8(2)9(3)20-11/h4-7H2,1-3H3,(H,17,18)(H2,15,16,19). The molecule has 0 bridgehead atoms. The number of rotatable bonds is 5. The molecular weight excluding hydrogens is 276 g/mol. The summed E-state index contributed by atoms with van der Waals surface area (Å²) in [5.74, 6) is -1.01. The van der Waals surface area contributed by atoms with Gasteiger partial charge in [0, 0.05) is 11.4 Å². The van der Waals surface area contributed by atoms with E-state index in [2.05, 4.69) is 17.6 Å². The largest absolute Gasteiger partial charge is 0.478 e. The summed E-state index contributed by atoms with van der Waals surface area (Å²) in [7, 11) is 0. The maximum atomic E-state index is 11.9. The number of amides is 2. The summed E-state index contributed by atoms with van der Waals surface area (Å²) >= 11 is 1.30. The molecule has 0 radical (unpaired) electrons. The molecule has 1 aromatic heterocycles. The Kier molecular flexibility index (Phi) is 4.04. The lowest BCUT2D eigenvalue weighted by Crippen LogP contribution is -2.33. The smallest absolute Gasteiger partial charge is 0.338 e. The van der Waals surface area contributed by atoms with E-state index in [0.717, 1.165) is 24.1 Å². The Morgan fingerprint density at radius 2 is 2.00 bits per heavy atom. The van der Waals surface area contributed by atoms with E-state index in [9.17, 15) is 14.7 Å². The third kappa shape index (κ3) is 2.95. The van der Waals surface area contributed by atoms with Crippen LogP contribution >= 0.6 is 11.3 Å². The number of thiophene rings is 1. The molecule has 0 atom stereocenters. The van der Waals surface area contributed by atoms with E-state index in [4.69, 9.17) is 0 Å². The van der Waals surface area contributed by atoms with Gasteiger partial charge in [0.05, 0.1) is 5.56 Å². The van der Waals surface area contributed by atoms with Crippen LogP contribution in [-0.2, 0) is 0 Å². The fraction of sp³-hybridized carbons (Fsp3) is 0.571. The van der Waals surface area contributed by atoms with Gasteiger partial charge in [0.1, 0.15) is 5.00 Å². The molecule has 0 saturated heterocycles. The number of anilines is 1. The Balaban J connectivity index is 2.01. The van der Waals surface area contributed by atoms with Gasteiger partial charge in [0.25, 0.3) is 0 Å². The molecule has 0 spiro atoms. The summed E-state index contributed by atoms with van der Waals surface area (Å²) in [4.78, 5) is 24.0. The van der Waals surface area contributed by atoms with E-state index in [1.807, 2.05) is 6.92 Å². The zero-order valence-corrected chi connectivity index (χ0v) is 12.8. The second kappa shape index (κ2) is 5.44. The van der Waals surface area contributed by atoms with E-state index in [0.29, 0.717) is 17.1 Å². The number of carboxylic acid groups (broad SMARTS) is 1. The third-order valence-corrected chi connectivity index (χ3v) is 5.28. The molecule has 1 aliphatic rings. The Hall–Kier alpha value is -1.56. The topological polar surface area (TPSA) is 78.4 Å². The van der Waals surface area contributed by atoms with Gasteiger partial charge in [-0.05, 0) is 44.1 Å². The van der Waals surface area contributed by atoms with Crippen LogP contribution in [0.15, 0.2) is 0 Å². The van der Waals surface area contributed by atoms with Crippen LogP contribution in [0, 0.1) is 19.3 Å². The normalized spacial score (nSPS) is 15.8. The number of aromatic carboxylic acids is 1.